The van der Waals surface area contributed by atoms with E-state index in [1.807, 2.05) is 0 Å². The van der Waals surface area contributed by atoms with Crippen LogP contribution in [-0.2, 0) is 0 Å². The maximum atomic E-state index is 5.77. The van der Waals surface area contributed by atoms with E-state index in [4.69, 9.17) is 9.97 Å². The molecule has 6 nitrogen and oxygen atoms in total. The van der Waals surface area contributed by atoms with Gasteiger partial charge in [0, 0.05) is 59.9 Å². The number of para-hydroxylation sites is 5. The molecule has 0 amide bonds. The van der Waals surface area contributed by atoms with Crippen LogP contribution in [0.1, 0.15) is 0 Å². The molecule has 326 valence electrons. The Morgan fingerprint density at radius 1 is 0.243 bits per heavy atom. The molecule has 0 fully saturated rings. The van der Waals surface area contributed by atoms with Crippen molar-refractivity contribution in [3.8, 4) is 45.5 Å². The lowest BCUT2D eigenvalue weighted by Gasteiger charge is -2.14. The number of fused-ring (bicyclic) bond motifs is 14. The van der Waals surface area contributed by atoms with E-state index in [0.717, 1.165) is 84.1 Å². The lowest BCUT2D eigenvalue weighted by molar-refractivity contribution is 1.01. The van der Waals surface area contributed by atoms with Crippen molar-refractivity contribution < 1.29 is 0 Å². The van der Waals surface area contributed by atoms with Crippen molar-refractivity contribution in [2.45, 2.75) is 0 Å². The number of pyridine rings is 2. The topological polar surface area (TPSA) is 45.5 Å². The molecule has 0 bridgehead atoms. The van der Waals surface area contributed by atoms with Gasteiger partial charge < -0.3 is 9.13 Å². The Labute approximate surface area is 401 Å². The first-order valence-corrected chi connectivity index (χ1v) is 23.8. The number of nitrogens with zero attached hydrogens (tertiary/aromatic N) is 6. The minimum absolute atomic E-state index is 0.844. The fraction of sp³-hybridized carbons (Fsp3) is 0. The van der Waals surface area contributed by atoms with Crippen LogP contribution in [0.4, 0.5) is 0 Å². The van der Waals surface area contributed by atoms with Crippen LogP contribution in [0.3, 0.4) is 0 Å². The van der Waals surface area contributed by atoms with Gasteiger partial charge >= 0.3 is 0 Å². The second kappa shape index (κ2) is 15.0. The molecule has 0 spiro atoms. The zero-order valence-electron chi connectivity index (χ0n) is 37.8. The summed E-state index contributed by atoms with van der Waals surface area (Å²) in [5.74, 6) is 1.69. The lowest BCUT2D eigenvalue weighted by Crippen LogP contribution is -2.04. The van der Waals surface area contributed by atoms with Gasteiger partial charge in [-0.3, -0.25) is 9.13 Å². The van der Waals surface area contributed by atoms with Gasteiger partial charge in [0.2, 0.25) is 0 Å². The van der Waals surface area contributed by atoms with Gasteiger partial charge in [0.05, 0.1) is 61.2 Å². The van der Waals surface area contributed by atoms with Crippen molar-refractivity contribution in [2.75, 3.05) is 0 Å². The van der Waals surface area contributed by atoms with Crippen molar-refractivity contribution in [3.05, 3.63) is 243 Å². The molecule has 70 heavy (non-hydrogen) atoms. The Morgan fingerprint density at radius 3 is 1.21 bits per heavy atom. The summed E-state index contributed by atoms with van der Waals surface area (Å²) in [4.78, 5) is 11.0. The highest BCUT2D eigenvalue weighted by atomic mass is 15.1. The third-order valence-electron chi connectivity index (χ3n) is 14.3. The molecular weight excluding hydrogens is 853 g/mol. The quantitative estimate of drug-likeness (QED) is 0.167. The molecule has 6 heterocycles. The van der Waals surface area contributed by atoms with E-state index < -0.39 is 0 Å². The summed E-state index contributed by atoms with van der Waals surface area (Å²) in [6.45, 7) is 0. The van der Waals surface area contributed by atoms with Crippen LogP contribution in [0.2, 0.25) is 0 Å². The fourth-order valence-corrected chi connectivity index (χ4v) is 11.4. The monoisotopic (exact) mass is 892 g/mol. The Balaban J connectivity index is 1.03. The number of hydrogen-bond donors (Lipinski definition) is 0. The second-order valence-corrected chi connectivity index (χ2v) is 18.1. The predicted molar refractivity (Wildman–Crippen MR) is 290 cm³/mol. The highest BCUT2D eigenvalue weighted by Crippen LogP contribution is 2.44. The molecule has 0 aliphatic rings. The van der Waals surface area contributed by atoms with Crippen molar-refractivity contribution in [2.24, 2.45) is 0 Å². The summed E-state index contributed by atoms with van der Waals surface area (Å²) < 4.78 is 9.64. The van der Waals surface area contributed by atoms with Crippen LogP contribution < -0.4 is 0 Å². The van der Waals surface area contributed by atoms with Crippen molar-refractivity contribution >= 4 is 87.2 Å². The van der Waals surface area contributed by atoms with Crippen molar-refractivity contribution in [1.29, 1.82) is 0 Å². The summed E-state index contributed by atoms with van der Waals surface area (Å²) in [7, 11) is 0. The maximum absolute atomic E-state index is 5.77. The summed E-state index contributed by atoms with van der Waals surface area (Å²) in [5, 5.41) is 9.48. The SMILES string of the molecule is c1ccc(-c2cc(-n3c4ccccc4c4c3ccc3c5ccccc5n(-c5cccc(-n6c7ccccc7c7ccc8c9ccccc9n(-c9ccccc9)c8c76)n5)c34)cc(-c3ccccc3)n2)cc1. The molecule has 0 N–H and O–H groups in total. The fourth-order valence-electron chi connectivity index (χ4n) is 11.4. The number of hydrogen-bond acceptors (Lipinski definition) is 2. The first-order valence-electron chi connectivity index (χ1n) is 23.8. The van der Waals surface area contributed by atoms with E-state index in [9.17, 15) is 0 Å². The largest absolute Gasteiger partial charge is 0.309 e. The average molecular weight is 893 g/mol. The molecule has 0 aliphatic carbocycles. The lowest BCUT2D eigenvalue weighted by atomic mass is 10.1. The van der Waals surface area contributed by atoms with Crippen molar-refractivity contribution in [1.82, 2.24) is 28.2 Å². The zero-order valence-corrected chi connectivity index (χ0v) is 37.8. The normalized spacial score (nSPS) is 12.0. The molecule has 0 saturated heterocycles. The highest BCUT2D eigenvalue weighted by Gasteiger charge is 2.25. The van der Waals surface area contributed by atoms with E-state index >= 15 is 0 Å². The van der Waals surface area contributed by atoms with Crippen LogP contribution in [0, 0.1) is 0 Å². The average Bonchev–Trinajstić information content (AvgIpc) is 4.17. The third kappa shape index (κ3) is 5.56. The van der Waals surface area contributed by atoms with E-state index in [0.29, 0.717) is 0 Å². The van der Waals surface area contributed by atoms with Crippen LogP contribution in [0.25, 0.3) is 133 Å². The van der Waals surface area contributed by atoms with Gasteiger partial charge in [-0.05, 0) is 66.7 Å². The van der Waals surface area contributed by atoms with E-state index in [1.165, 1.54) is 48.6 Å². The highest BCUT2D eigenvalue weighted by molar-refractivity contribution is 6.27. The van der Waals surface area contributed by atoms with Gasteiger partial charge in [0.1, 0.15) is 11.6 Å². The van der Waals surface area contributed by atoms with Gasteiger partial charge in [-0.1, -0.05) is 176 Å². The number of benzene rings is 9. The first-order chi connectivity index (χ1) is 34.8. The summed E-state index contributed by atoms with van der Waals surface area (Å²) >= 11 is 0. The molecule has 0 aliphatic heterocycles. The molecule has 6 heteroatoms. The minimum atomic E-state index is 0.844. The van der Waals surface area contributed by atoms with Crippen LogP contribution in [0.15, 0.2) is 243 Å². The van der Waals surface area contributed by atoms with Gasteiger partial charge in [0.25, 0.3) is 0 Å². The Hall–Kier alpha value is -9.52. The Bertz CT molecular complexity index is 4520. The number of aromatic nitrogens is 6. The third-order valence-corrected chi connectivity index (χ3v) is 14.3. The van der Waals surface area contributed by atoms with Gasteiger partial charge in [-0.2, -0.15) is 0 Å². The summed E-state index contributed by atoms with van der Waals surface area (Å²) in [6, 6.07) is 87.0. The smallest absolute Gasteiger partial charge is 0.140 e. The van der Waals surface area contributed by atoms with Crippen LogP contribution in [-0.4, -0.2) is 28.2 Å². The Kier molecular flexibility index (Phi) is 8.26. The maximum Gasteiger partial charge on any atom is 0.140 e. The van der Waals surface area contributed by atoms with Crippen LogP contribution >= 0.6 is 0 Å². The van der Waals surface area contributed by atoms with Gasteiger partial charge in [0.15, 0.2) is 0 Å². The second-order valence-electron chi connectivity index (χ2n) is 18.1. The molecule has 9 aromatic carbocycles. The molecule has 0 saturated carbocycles. The first kappa shape index (κ1) is 38.6. The number of rotatable bonds is 6. The molecule has 0 atom stereocenters. The Morgan fingerprint density at radius 2 is 0.657 bits per heavy atom. The standard InChI is InChI=1S/C64H40N6/c1-4-19-41(20-5-1)52-39-44(40-53(65-52)42-21-6-2-7-22-42)67-57-32-17-13-28-51(57)61-58(67)38-37-48-45-25-11-15-30-55(45)69(62(48)61)59-33-18-34-60(66-59)70-56-31-16-12-27-47(56)50-36-35-49-46-26-10-14-29-54(46)68(63(49)64(50)70)43-23-8-3-9-24-43/h1-40H. The molecule has 0 unspecified atom stereocenters. The summed E-state index contributed by atoms with van der Waals surface area (Å²) in [5.41, 5.74) is 15.1. The van der Waals surface area contributed by atoms with Gasteiger partial charge in [-0.15, -0.1) is 0 Å². The zero-order chi connectivity index (χ0) is 45.9. The molecular formula is C64H40N6. The molecule has 6 aromatic heterocycles. The van der Waals surface area contributed by atoms with Gasteiger partial charge in [-0.25, -0.2) is 9.97 Å². The molecule has 15 aromatic rings. The van der Waals surface area contributed by atoms with Crippen molar-refractivity contribution in [3.63, 3.8) is 0 Å². The molecule has 15 rings (SSSR count). The van der Waals surface area contributed by atoms with E-state index in [1.54, 1.807) is 0 Å². The summed E-state index contributed by atoms with van der Waals surface area (Å²) in [6.07, 6.45) is 0. The van der Waals surface area contributed by atoms with E-state index in [-0.39, 0.29) is 0 Å². The van der Waals surface area contributed by atoms with Crippen LogP contribution in [0.5, 0.6) is 0 Å². The minimum Gasteiger partial charge on any atom is -0.309 e. The van der Waals surface area contributed by atoms with E-state index in [2.05, 4.69) is 261 Å². The molecule has 0 radical (unpaired) electrons. The predicted octanol–water partition coefficient (Wildman–Crippen LogP) is 16.2.